The lowest BCUT2D eigenvalue weighted by molar-refractivity contribution is -0.176. The van der Waals surface area contributed by atoms with Gasteiger partial charge in [-0.25, -0.2) is 9.97 Å². The minimum absolute atomic E-state index is 0.0150. The van der Waals surface area contributed by atoms with Gasteiger partial charge in [0, 0.05) is 13.0 Å². The Labute approximate surface area is 162 Å². The van der Waals surface area contributed by atoms with E-state index in [-0.39, 0.29) is 23.7 Å². The molecule has 9 heteroatoms. The number of hydrogen-bond donors (Lipinski definition) is 1. The minimum Gasteiger partial charge on any atom is -0.467 e. The van der Waals surface area contributed by atoms with Crippen molar-refractivity contribution >= 4 is 5.97 Å². The second kappa shape index (κ2) is 8.23. The van der Waals surface area contributed by atoms with Gasteiger partial charge in [-0.3, -0.25) is 10.1 Å². The van der Waals surface area contributed by atoms with Gasteiger partial charge in [0.15, 0.2) is 11.8 Å². The number of fused-ring (bicyclic) bond motifs is 2. The second-order valence-corrected chi connectivity index (χ2v) is 7.74. The lowest BCUT2D eigenvalue weighted by atomic mass is 10.0. The third-order valence-electron chi connectivity index (χ3n) is 5.46. The zero-order chi connectivity index (χ0) is 20.4. The minimum atomic E-state index is -4.55. The van der Waals surface area contributed by atoms with Crippen LogP contribution >= 0.6 is 0 Å². The van der Waals surface area contributed by atoms with Crippen LogP contribution in [-0.4, -0.2) is 34.3 Å². The van der Waals surface area contributed by atoms with Gasteiger partial charge in [0.2, 0.25) is 11.6 Å². The maximum absolute atomic E-state index is 12.6. The molecule has 1 N–H and O–H groups in total. The summed E-state index contributed by atoms with van der Waals surface area (Å²) in [6.45, 7) is 4.68. The average molecular weight is 401 g/mol. The van der Waals surface area contributed by atoms with Crippen LogP contribution in [-0.2, 0) is 15.7 Å². The van der Waals surface area contributed by atoms with Crippen molar-refractivity contribution in [2.24, 2.45) is 11.8 Å². The third kappa shape index (κ3) is 4.56. The topological polar surface area (TPSA) is 73.3 Å². The predicted octanol–water partition coefficient (Wildman–Crippen LogP) is 3.71. The number of carbonyl (C=O) groups excluding carboxylic acids is 1. The molecule has 0 spiro atoms. The van der Waals surface area contributed by atoms with Crippen molar-refractivity contribution < 1.29 is 27.4 Å². The van der Waals surface area contributed by atoms with Gasteiger partial charge in [0.1, 0.15) is 0 Å². The monoisotopic (exact) mass is 401 g/mol. The number of halogens is 3. The van der Waals surface area contributed by atoms with E-state index in [0.717, 1.165) is 38.4 Å². The zero-order valence-corrected chi connectivity index (χ0v) is 16.1. The molecule has 2 aliphatic rings. The molecule has 2 bridgehead atoms. The van der Waals surface area contributed by atoms with E-state index in [1.807, 2.05) is 6.92 Å². The molecular formula is C19H26F3N3O3. The molecule has 0 aromatic carbocycles. The van der Waals surface area contributed by atoms with Crippen molar-refractivity contribution in [2.75, 3.05) is 6.54 Å². The van der Waals surface area contributed by atoms with Gasteiger partial charge < -0.3 is 9.47 Å². The zero-order valence-electron chi connectivity index (χ0n) is 16.1. The Balaban J connectivity index is 1.64. The van der Waals surface area contributed by atoms with E-state index in [1.54, 1.807) is 0 Å². The molecule has 28 heavy (non-hydrogen) atoms. The first-order valence-electron chi connectivity index (χ1n) is 9.77. The number of ether oxygens (including phenoxy) is 2. The molecule has 1 aliphatic carbocycles. The number of esters is 1. The third-order valence-corrected chi connectivity index (χ3v) is 5.46. The number of unbranched alkanes of at least 4 members (excludes halogenated alkanes) is 2. The van der Waals surface area contributed by atoms with Crippen molar-refractivity contribution in [3.05, 3.63) is 18.1 Å². The maximum Gasteiger partial charge on any atom is 0.434 e. The summed E-state index contributed by atoms with van der Waals surface area (Å²) >= 11 is 0. The standard InChI is InChI=1S/C19H26F3N3O3/c1-3-4-5-6-12(2)17(26)28-18-8-13(9-25-18)7-15(18)27-16-11-23-14(10-24-16)19(20,21)22/h10-13,15,25H,3-9H2,1-2H3. The summed E-state index contributed by atoms with van der Waals surface area (Å²) in [5.41, 5.74) is -2.03. The highest BCUT2D eigenvalue weighted by Gasteiger charge is 2.57. The molecular weight excluding hydrogens is 375 g/mol. The normalized spacial score (nSPS) is 27.6. The van der Waals surface area contributed by atoms with Gasteiger partial charge in [-0.05, 0) is 18.8 Å². The van der Waals surface area contributed by atoms with Gasteiger partial charge in [0.25, 0.3) is 0 Å². The average Bonchev–Trinajstić information content (AvgIpc) is 3.19. The van der Waals surface area contributed by atoms with Gasteiger partial charge >= 0.3 is 12.1 Å². The molecule has 2 fully saturated rings. The largest absolute Gasteiger partial charge is 0.467 e. The Bertz CT molecular complexity index is 683. The van der Waals surface area contributed by atoms with Gasteiger partial charge in [-0.1, -0.05) is 33.1 Å². The van der Waals surface area contributed by atoms with Crippen LogP contribution in [0.1, 0.15) is 58.1 Å². The molecule has 1 aromatic rings. The van der Waals surface area contributed by atoms with Gasteiger partial charge in [-0.15, -0.1) is 0 Å². The molecule has 4 unspecified atom stereocenters. The van der Waals surface area contributed by atoms with Crippen LogP contribution in [0.3, 0.4) is 0 Å². The first kappa shape index (κ1) is 20.8. The SMILES string of the molecule is CCCCCC(C)C(=O)OC12CC(CN1)CC2Oc1cnc(C(F)(F)F)cn1. The number of hydrogen-bond acceptors (Lipinski definition) is 6. The van der Waals surface area contributed by atoms with E-state index in [1.165, 1.54) is 0 Å². The van der Waals surface area contributed by atoms with Crippen molar-refractivity contribution in [3.8, 4) is 5.88 Å². The maximum atomic E-state index is 12.6. The molecule has 1 aliphatic heterocycles. The summed E-state index contributed by atoms with van der Waals surface area (Å²) in [7, 11) is 0. The molecule has 2 heterocycles. The summed E-state index contributed by atoms with van der Waals surface area (Å²) in [5.74, 6) is -0.221. The van der Waals surface area contributed by atoms with E-state index in [4.69, 9.17) is 9.47 Å². The Morgan fingerprint density at radius 3 is 2.75 bits per heavy atom. The quantitative estimate of drug-likeness (QED) is 0.529. The number of carbonyl (C=O) groups is 1. The first-order valence-corrected chi connectivity index (χ1v) is 9.77. The Morgan fingerprint density at radius 1 is 1.36 bits per heavy atom. The Morgan fingerprint density at radius 2 is 2.14 bits per heavy atom. The molecule has 0 radical (unpaired) electrons. The van der Waals surface area contributed by atoms with E-state index in [9.17, 15) is 18.0 Å². The number of rotatable bonds is 8. The Kier molecular flexibility index (Phi) is 6.12. The fourth-order valence-electron chi connectivity index (χ4n) is 3.85. The Hall–Kier alpha value is -1.90. The molecule has 1 aromatic heterocycles. The smallest absolute Gasteiger partial charge is 0.434 e. The first-order chi connectivity index (χ1) is 13.2. The molecule has 156 valence electrons. The van der Waals surface area contributed by atoms with Crippen LogP contribution in [0.4, 0.5) is 13.2 Å². The lowest BCUT2D eigenvalue weighted by Gasteiger charge is -2.35. The summed E-state index contributed by atoms with van der Waals surface area (Å²) in [5, 5.41) is 3.23. The van der Waals surface area contributed by atoms with Crippen LogP contribution < -0.4 is 10.1 Å². The molecule has 3 rings (SSSR count). The van der Waals surface area contributed by atoms with Crippen molar-refractivity contribution in [3.63, 3.8) is 0 Å². The number of nitrogens with one attached hydrogen (secondary N) is 1. The number of aromatic nitrogens is 2. The summed E-state index contributed by atoms with van der Waals surface area (Å²) in [6.07, 6.45) is 1.70. The molecule has 4 atom stereocenters. The van der Waals surface area contributed by atoms with E-state index in [2.05, 4.69) is 22.2 Å². The number of nitrogens with zero attached hydrogens (tertiary/aromatic N) is 2. The summed E-state index contributed by atoms with van der Waals surface area (Å²) < 4.78 is 49.5. The van der Waals surface area contributed by atoms with Crippen molar-refractivity contribution in [2.45, 2.75) is 70.4 Å². The van der Waals surface area contributed by atoms with Crippen LogP contribution in [0, 0.1) is 11.8 Å². The van der Waals surface area contributed by atoms with Crippen LogP contribution in [0.15, 0.2) is 12.4 Å². The van der Waals surface area contributed by atoms with E-state index in [0.29, 0.717) is 19.0 Å². The van der Waals surface area contributed by atoms with Gasteiger partial charge in [-0.2, -0.15) is 13.2 Å². The summed E-state index contributed by atoms with van der Waals surface area (Å²) in [6, 6.07) is 0. The van der Waals surface area contributed by atoms with Crippen LogP contribution in [0.25, 0.3) is 0 Å². The highest BCUT2D eigenvalue weighted by molar-refractivity contribution is 5.72. The molecule has 1 saturated heterocycles. The number of alkyl halides is 3. The van der Waals surface area contributed by atoms with Gasteiger partial charge in [0.05, 0.1) is 18.3 Å². The highest BCUT2D eigenvalue weighted by Crippen LogP contribution is 2.43. The molecule has 1 saturated carbocycles. The van der Waals surface area contributed by atoms with Crippen molar-refractivity contribution in [1.82, 2.24) is 15.3 Å². The van der Waals surface area contributed by atoms with Crippen LogP contribution in [0.2, 0.25) is 0 Å². The highest BCUT2D eigenvalue weighted by atomic mass is 19.4. The molecule has 6 nitrogen and oxygen atoms in total. The van der Waals surface area contributed by atoms with E-state index < -0.39 is 23.7 Å². The molecule has 0 amide bonds. The fourth-order valence-corrected chi connectivity index (χ4v) is 3.85. The summed E-state index contributed by atoms with van der Waals surface area (Å²) in [4.78, 5) is 19.6. The lowest BCUT2D eigenvalue weighted by Crippen LogP contribution is -2.56. The predicted molar refractivity (Wildman–Crippen MR) is 94.3 cm³/mol. The number of piperidine rings is 1. The van der Waals surface area contributed by atoms with Crippen molar-refractivity contribution in [1.29, 1.82) is 0 Å². The fraction of sp³-hybridized carbons (Fsp3) is 0.737. The van der Waals surface area contributed by atoms with Crippen LogP contribution in [0.5, 0.6) is 5.88 Å². The second-order valence-electron chi connectivity index (χ2n) is 7.74. The van der Waals surface area contributed by atoms with E-state index >= 15 is 0 Å².